The van der Waals surface area contributed by atoms with Crippen LogP contribution in [0.1, 0.15) is 57.7 Å². The lowest BCUT2D eigenvalue weighted by molar-refractivity contribution is -0.142. The van der Waals surface area contributed by atoms with Gasteiger partial charge in [0.05, 0.1) is 29.2 Å². The van der Waals surface area contributed by atoms with Crippen LogP contribution < -0.4 is 15.4 Å². The number of aromatic nitrogens is 1. The SMILES string of the molecule is CC(C)(C)C(NC(=O)C1(F)CC1)C(=O)N1CCCC1C=O.CNCc1ccc(-c2scnc2C)cc1OC. The number of thiazole rings is 1. The van der Waals surface area contributed by atoms with Crippen LogP contribution in [0, 0.1) is 12.3 Å². The molecular weight excluding hydrogens is 507 g/mol. The second-order valence-electron chi connectivity index (χ2n) is 10.9. The maximum absolute atomic E-state index is 13.8. The molecule has 8 nitrogen and oxygen atoms in total. The lowest BCUT2D eigenvalue weighted by Crippen LogP contribution is -2.57. The third kappa shape index (κ3) is 6.96. The minimum Gasteiger partial charge on any atom is -0.496 e. The number of aldehydes is 1. The van der Waals surface area contributed by atoms with Gasteiger partial charge in [0.15, 0.2) is 5.67 Å². The Hall–Kier alpha value is -2.85. The van der Waals surface area contributed by atoms with Crippen molar-refractivity contribution in [3.05, 3.63) is 35.0 Å². The fourth-order valence-electron chi connectivity index (χ4n) is 4.42. The molecule has 0 spiro atoms. The standard InChI is InChI=1S/C15H23FN2O3.C13H16N2OS/c1-14(2,3)11(17-13(21)15(16)6-7-15)12(20)18-8-4-5-10(18)9-19;1-9-13(17-8-15-9)10-4-5-11(7-14-2)12(6-10)16-3/h9-11H,4-8H2,1-3H3,(H,17,21);4-6,8,14H,7H2,1-3H3. The highest BCUT2D eigenvalue weighted by molar-refractivity contribution is 7.13. The molecule has 1 aromatic heterocycles. The van der Waals surface area contributed by atoms with E-state index in [1.165, 1.54) is 20.9 Å². The summed E-state index contributed by atoms with van der Waals surface area (Å²) in [6, 6.07) is 5.05. The first-order chi connectivity index (χ1) is 17.9. The van der Waals surface area contributed by atoms with Crippen LogP contribution in [0.4, 0.5) is 4.39 Å². The van der Waals surface area contributed by atoms with Gasteiger partial charge in [-0.15, -0.1) is 11.3 Å². The number of halogens is 1. The molecule has 2 heterocycles. The quantitative estimate of drug-likeness (QED) is 0.485. The predicted octanol–water partition coefficient (Wildman–Crippen LogP) is 4.06. The van der Waals surface area contributed by atoms with Crippen LogP contribution in [0.5, 0.6) is 5.75 Å². The maximum atomic E-state index is 13.8. The number of benzene rings is 1. The van der Waals surface area contributed by atoms with Crippen molar-refractivity contribution in [2.75, 3.05) is 20.7 Å². The van der Waals surface area contributed by atoms with E-state index >= 15 is 0 Å². The molecule has 4 rings (SSSR count). The highest BCUT2D eigenvalue weighted by Gasteiger charge is 2.53. The number of methoxy groups -OCH3 is 1. The number of nitrogens with one attached hydrogen (secondary N) is 2. The predicted molar refractivity (Wildman–Crippen MR) is 147 cm³/mol. The third-order valence-corrected chi connectivity index (χ3v) is 7.86. The average Bonchev–Trinajstić information content (AvgIpc) is 3.26. The Morgan fingerprint density at radius 2 is 2.05 bits per heavy atom. The Labute approximate surface area is 228 Å². The normalized spacial score (nSPS) is 18.7. The zero-order valence-corrected chi connectivity index (χ0v) is 23.9. The molecule has 1 saturated heterocycles. The largest absolute Gasteiger partial charge is 0.496 e. The van der Waals surface area contributed by atoms with Crippen LogP contribution in [0.2, 0.25) is 0 Å². The molecule has 1 saturated carbocycles. The summed E-state index contributed by atoms with van der Waals surface area (Å²) in [5.74, 6) is -0.0861. The van der Waals surface area contributed by atoms with Gasteiger partial charge >= 0.3 is 0 Å². The molecule has 2 aromatic rings. The lowest BCUT2D eigenvalue weighted by Gasteiger charge is -2.35. The van der Waals surface area contributed by atoms with E-state index in [0.717, 1.165) is 30.7 Å². The zero-order valence-electron chi connectivity index (χ0n) is 23.1. The molecule has 1 aromatic carbocycles. The minimum atomic E-state index is -1.81. The molecule has 2 aliphatic rings. The smallest absolute Gasteiger partial charge is 0.258 e. The molecule has 0 radical (unpaired) electrons. The van der Waals surface area contributed by atoms with Crippen molar-refractivity contribution in [1.82, 2.24) is 20.5 Å². The number of likely N-dealkylation sites (tertiary alicyclic amines) is 1. The Bertz CT molecular complexity index is 1140. The van der Waals surface area contributed by atoms with Gasteiger partial charge in [0.2, 0.25) is 5.91 Å². The molecule has 2 amide bonds. The fraction of sp³-hybridized carbons (Fsp3) is 0.571. The summed E-state index contributed by atoms with van der Waals surface area (Å²) < 4.78 is 19.3. The Morgan fingerprint density at radius 3 is 2.58 bits per heavy atom. The molecular formula is C28H39FN4O4S. The minimum absolute atomic E-state index is 0.213. The summed E-state index contributed by atoms with van der Waals surface area (Å²) >= 11 is 1.66. The van der Waals surface area contributed by atoms with E-state index in [9.17, 15) is 18.8 Å². The molecule has 10 heteroatoms. The van der Waals surface area contributed by atoms with Crippen molar-refractivity contribution in [2.24, 2.45) is 5.41 Å². The molecule has 2 atom stereocenters. The third-order valence-electron chi connectivity index (χ3n) is 6.89. The van der Waals surface area contributed by atoms with Crippen LogP contribution in [0.3, 0.4) is 0 Å². The van der Waals surface area contributed by atoms with Gasteiger partial charge < -0.3 is 25.1 Å². The lowest BCUT2D eigenvalue weighted by atomic mass is 9.85. The van der Waals surface area contributed by atoms with Gasteiger partial charge in [-0.05, 0) is 56.7 Å². The summed E-state index contributed by atoms with van der Waals surface area (Å²) in [4.78, 5) is 42.6. The number of nitrogens with zero attached hydrogens (tertiary/aromatic N) is 2. The van der Waals surface area contributed by atoms with E-state index in [-0.39, 0.29) is 18.7 Å². The first kappa shape index (κ1) is 29.7. The second-order valence-corrected chi connectivity index (χ2v) is 11.8. The van der Waals surface area contributed by atoms with Crippen LogP contribution in [0.25, 0.3) is 10.4 Å². The van der Waals surface area contributed by atoms with Crippen LogP contribution in [-0.2, 0) is 20.9 Å². The van der Waals surface area contributed by atoms with Crippen LogP contribution >= 0.6 is 11.3 Å². The van der Waals surface area contributed by atoms with Crippen LogP contribution in [0.15, 0.2) is 23.7 Å². The van der Waals surface area contributed by atoms with Gasteiger partial charge in [0, 0.05) is 18.7 Å². The first-order valence-electron chi connectivity index (χ1n) is 12.9. The number of hydrogen-bond donors (Lipinski definition) is 2. The van der Waals surface area contributed by atoms with E-state index in [0.29, 0.717) is 13.0 Å². The fourth-order valence-corrected chi connectivity index (χ4v) is 5.22. The number of rotatable bonds is 8. The molecule has 2 fully saturated rings. The summed E-state index contributed by atoms with van der Waals surface area (Å²) in [6.45, 7) is 8.80. The van der Waals surface area contributed by atoms with Crippen molar-refractivity contribution in [3.8, 4) is 16.2 Å². The Kier molecular flexibility index (Phi) is 9.64. The van der Waals surface area contributed by atoms with Crippen molar-refractivity contribution < 1.29 is 23.5 Å². The Balaban J connectivity index is 0.000000215. The number of carbonyl (C=O) groups excluding carboxylic acids is 3. The number of ether oxygens (including phenoxy) is 1. The first-order valence-corrected chi connectivity index (χ1v) is 13.8. The topological polar surface area (TPSA) is 101 Å². The van der Waals surface area contributed by atoms with Crippen molar-refractivity contribution >= 4 is 29.4 Å². The molecule has 38 heavy (non-hydrogen) atoms. The summed E-state index contributed by atoms with van der Waals surface area (Å²) in [5, 5.41) is 5.69. The van der Waals surface area contributed by atoms with Gasteiger partial charge in [-0.3, -0.25) is 9.59 Å². The number of amides is 2. The van der Waals surface area contributed by atoms with Gasteiger partial charge in [-0.2, -0.15) is 0 Å². The van der Waals surface area contributed by atoms with Gasteiger partial charge in [0.1, 0.15) is 18.1 Å². The van der Waals surface area contributed by atoms with Gasteiger partial charge in [-0.1, -0.05) is 32.9 Å². The van der Waals surface area contributed by atoms with E-state index in [2.05, 4.69) is 33.8 Å². The van der Waals surface area contributed by atoms with Crippen molar-refractivity contribution in [2.45, 2.75) is 77.7 Å². The molecule has 1 aliphatic carbocycles. The average molecular weight is 547 g/mol. The second kappa shape index (κ2) is 12.3. The molecule has 1 aliphatic heterocycles. The highest BCUT2D eigenvalue weighted by Crippen LogP contribution is 2.40. The summed E-state index contributed by atoms with van der Waals surface area (Å²) in [5.41, 5.74) is 2.92. The summed E-state index contributed by atoms with van der Waals surface area (Å²) in [6.07, 6.45) is 2.61. The van der Waals surface area contributed by atoms with E-state index in [1.807, 2.05) is 40.3 Å². The number of alkyl halides is 1. The summed E-state index contributed by atoms with van der Waals surface area (Å²) in [7, 11) is 3.64. The maximum Gasteiger partial charge on any atom is 0.258 e. The van der Waals surface area contributed by atoms with E-state index in [1.54, 1.807) is 18.4 Å². The van der Waals surface area contributed by atoms with E-state index in [4.69, 9.17) is 4.74 Å². The van der Waals surface area contributed by atoms with Gasteiger partial charge in [-0.25, -0.2) is 9.37 Å². The van der Waals surface area contributed by atoms with Crippen LogP contribution in [-0.4, -0.2) is 66.4 Å². The molecule has 2 N–H and O–H groups in total. The number of aryl methyl sites for hydroxylation is 1. The molecule has 208 valence electrons. The Morgan fingerprint density at radius 1 is 1.34 bits per heavy atom. The monoisotopic (exact) mass is 546 g/mol. The highest BCUT2D eigenvalue weighted by atomic mass is 32.1. The van der Waals surface area contributed by atoms with Crippen molar-refractivity contribution in [1.29, 1.82) is 0 Å². The van der Waals surface area contributed by atoms with E-state index < -0.39 is 29.1 Å². The zero-order chi connectivity index (χ0) is 28.1. The number of hydrogen-bond acceptors (Lipinski definition) is 7. The van der Waals surface area contributed by atoms with Gasteiger partial charge in [0.25, 0.3) is 5.91 Å². The number of carbonyl (C=O) groups is 3. The molecule has 2 unspecified atom stereocenters. The molecule has 0 bridgehead atoms. The van der Waals surface area contributed by atoms with Crippen molar-refractivity contribution in [3.63, 3.8) is 0 Å².